The monoisotopic (exact) mass is 415 g/mol. The summed E-state index contributed by atoms with van der Waals surface area (Å²) in [5.74, 6) is -0.778. The molecule has 1 heterocycles. The first-order chi connectivity index (χ1) is 14.1. The normalized spacial score (nSPS) is 12.5. The van der Waals surface area contributed by atoms with E-state index >= 15 is 0 Å². The molecule has 0 aliphatic carbocycles. The number of hydrogen-bond acceptors (Lipinski definition) is 3. The average Bonchev–Trinajstić information content (AvgIpc) is 2.69. The van der Waals surface area contributed by atoms with Gasteiger partial charge in [0.15, 0.2) is 0 Å². The number of nitrogens with one attached hydrogen (secondary N) is 1. The number of anilines is 1. The van der Waals surface area contributed by atoms with Crippen LogP contribution >= 0.6 is 0 Å². The van der Waals surface area contributed by atoms with Crippen LogP contribution in [0.15, 0.2) is 59.4 Å². The number of carbonyl (C=O) groups is 1. The fourth-order valence-electron chi connectivity index (χ4n) is 3.05. The van der Waals surface area contributed by atoms with Crippen LogP contribution in [0, 0.1) is 13.8 Å². The van der Waals surface area contributed by atoms with Gasteiger partial charge in [-0.3, -0.25) is 9.59 Å². The Hall–Kier alpha value is -3.42. The molecular formula is C22H20F3N3O2. The number of rotatable bonds is 4. The Bertz CT molecular complexity index is 1150. The highest BCUT2D eigenvalue weighted by Crippen LogP contribution is 2.34. The molecular weight excluding hydrogens is 395 g/mol. The standard InChI is InChI=1S/C22H20F3N3O2/c1-13-8-9-14(2)16(12-13)18-10-11-20(29)28(27-18)15(3)21(30)26-19-7-5-4-6-17(19)22(23,24)25/h4-12,15H,1-3H3,(H,26,30)/t15-/m0/s1. The second-order valence-corrected chi connectivity index (χ2v) is 7.03. The number of aromatic nitrogens is 2. The van der Waals surface area contributed by atoms with Gasteiger partial charge in [-0.1, -0.05) is 29.8 Å². The lowest BCUT2D eigenvalue weighted by Gasteiger charge is -2.18. The maximum absolute atomic E-state index is 13.2. The molecule has 0 saturated carbocycles. The third-order valence-electron chi connectivity index (χ3n) is 4.73. The van der Waals surface area contributed by atoms with E-state index in [1.54, 1.807) is 6.07 Å². The topological polar surface area (TPSA) is 64.0 Å². The van der Waals surface area contributed by atoms with E-state index in [1.807, 2.05) is 32.0 Å². The van der Waals surface area contributed by atoms with Crippen LogP contribution in [0.2, 0.25) is 0 Å². The summed E-state index contributed by atoms with van der Waals surface area (Å²) in [6.45, 7) is 5.23. The number of hydrogen-bond donors (Lipinski definition) is 1. The van der Waals surface area contributed by atoms with E-state index in [-0.39, 0.29) is 5.69 Å². The van der Waals surface area contributed by atoms with Crippen LogP contribution in [0.1, 0.15) is 29.7 Å². The van der Waals surface area contributed by atoms with Gasteiger partial charge in [0.05, 0.1) is 16.9 Å². The molecule has 0 unspecified atom stereocenters. The quantitative estimate of drug-likeness (QED) is 0.669. The van der Waals surface area contributed by atoms with Gasteiger partial charge in [0, 0.05) is 11.6 Å². The summed E-state index contributed by atoms with van der Waals surface area (Å²) in [4.78, 5) is 25.0. The van der Waals surface area contributed by atoms with Crippen molar-refractivity contribution in [3.63, 3.8) is 0 Å². The molecule has 1 atom stereocenters. The molecule has 1 N–H and O–H groups in total. The maximum atomic E-state index is 13.2. The van der Waals surface area contributed by atoms with Crippen LogP contribution in [0.25, 0.3) is 11.3 Å². The van der Waals surface area contributed by atoms with E-state index < -0.39 is 29.2 Å². The Kier molecular flexibility index (Phi) is 5.78. The zero-order chi connectivity index (χ0) is 22.1. The van der Waals surface area contributed by atoms with Gasteiger partial charge in [0.25, 0.3) is 5.56 Å². The van der Waals surface area contributed by atoms with Gasteiger partial charge < -0.3 is 5.32 Å². The predicted octanol–water partition coefficient (Wildman–Crippen LogP) is 4.75. The predicted molar refractivity (Wildman–Crippen MR) is 108 cm³/mol. The minimum absolute atomic E-state index is 0.374. The number of para-hydroxylation sites is 1. The summed E-state index contributed by atoms with van der Waals surface area (Å²) in [6.07, 6.45) is -4.62. The molecule has 0 fully saturated rings. The van der Waals surface area contributed by atoms with Crippen molar-refractivity contribution in [2.24, 2.45) is 0 Å². The minimum atomic E-state index is -4.62. The Labute approximate surface area is 171 Å². The largest absolute Gasteiger partial charge is 0.418 e. The summed E-state index contributed by atoms with van der Waals surface area (Å²) < 4.78 is 40.5. The van der Waals surface area contributed by atoms with Crippen molar-refractivity contribution >= 4 is 11.6 Å². The van der Waals surface area contributed by atoms with Crippen LogP contribution in [0.3, 0.4) is 0 Å². The molecule has 1 aromatic heterocycles. The van der Waals surface area contributed by atoms with Crippen LogP contribution in [-0.2, 0) is 11.0 Å². The first kappa shape index (κ1) is 21.3. The SMILES string of the molecule is Cc1ccc(C)c(-c2ccc(=O)n([C@@H](C)C(=O)Nc3ccccc3C(F)(F)F)n2)c1. The summed E-state index contributed by atoms with van der Waals surface area (Å²) in [5, 5.41) is 6.56. The van der Waals surface area contributed by atoms with Crippen molar-refractivity contribution in [2.75, 3.05) is 5.32 Å². The molecule has 0 saturated heterocycles. The number of benzene rings is 2. The van der Waals surface area contributed by atoms with Crippen LogP contribution < -0.4 is 10.9 Å². The van der Waals surface area contributed by atoms with Gasteiger partial charge in [0.1, 0.15) is 6.04 Å². The third kappa shape index (κ3) is 4.42. The summed E-state index contributed by atoms with van der Waals surface area (Å²) in [7, 11) is 0. The molecule has 0 aliphatic rings. The number of nitrogens with zero attached hydrogens (tertiary/aromatic N) is 2. The molecule has 0 spiro atoms. The Morgan fingerprint density at radius 2 is 1.77 bits per heavy atom. The van der Waals surface area contributed by atoms with E-state index in [1.165, 1.54) is 25.1 Å². The summed E-state index contributed by atoms with van der Waals surface area (Å²) in [5.41, 5.74) is 1.37. The second kappa shape index (κ2) is 8.14. The maximum Gasteiger partial charge on any atom is 0.418 e. The van der Waals surface area contributed by atoms with Crippen molar-refractivity contribution in [1.29, 1.82) is 0 Å². The van der Waals surface area contributed by atoms with Crippen molar-refractivity contribution in [1.82, 2.24) is 9.78 Å². The van der Waals surface area contributed by atoms with Gasteiger partial charge in [-0.15, -0.1) is 0 Å². The highest BCUT2D eigenvalue weighted by atomic mass is 19.4. The zero-order valence-electron chi connectivity index (χ0n) is 16.6. The van der Waals surface area contributed by atoms with Crippen LogP contribution in [0.5, 0.6) is 0 Å². The number of alkyl halides is 3. The molecule has 156 valence electrons. The van der Waals surface area contributed by atoms with Crippen molar-refractivity contribution in [3.05, 3.63) is 81.6 Å². The van der Waals surface area contributed by atoms with E-state index in [0.29, 0.717) is 5.69 Å². The van der Waals surface area contributed by atoms with Gasteiger partial charge in [-0.25, -0.2) is 4.68 Å². The fourth-order valence-corrected chi connectivity index (χ4v) is 3.05. The number of amides is 1. The third-order valence-corrected chi connectivity index (χ3v) is 4.73. The highest BCUT2D eigenvalue weighted by Gasteiger charge is 2.34. The highest BCUT2D eigenvalue weighted by molar-refractivity contribution is 5.94. The Morgan fingerprint density at radius 3 is 2.47 bits per heavy atom. The number of carbonyl (C=O) groups excluding carboxylic acids is 1. The second-order valence-electron chi connectivity index (χ2n) is 7.03. The summed E-state index contributed by atoms with van der Waals surface area (Å²) in [6, 6.07) is 12.2. The van der Waals surface area contributed by atoms with E-state index in [4.69, 9.17) is 0 Å². The minimum Gasteiger partial charge on any atom is -0.324 e. The van der Waals surface area contributed by atoms with E-state index in [2.05, 4.69) is 10.4 Å². The van der Waals surface area contributed by atoms with Gasteiger partial charge in [-0.05, 0) is 50.6 Å². The number of aryl methyl sites for hydroxylation is 2. The van der Waals surface area contributed by atoms with Crippen LogP contribution in [0.4, 0.5) is 18.9 Å². The molecule has 30 heavy (non-hydrogen) atoms. The fraction of sp³-hybridized carbons (Fsp3) is 0.227. The molecule has 8 heteroatoms. The first-order valence-corrected chi connectivity index (χ1v) is 9.22. The van der Waals surface area contributed by atoms with E-state index in [9.17, 15) is 22.8 Å². The molecule has 2 aromatic carbocycles. The van der Waals surface area contributed by atoms with Crippen molar-refractivity contribution in [3.8, 4) is 11.3 Å². The van der Waals surface area contributed by atoms with Gasteiger partial charge >= 0.3 is 6.18 Å². The van der Waals surface area contributed by atoms with Crippen molar-refractivity contribution < 1.29 is 18.0 Å². The zero-order valence-corrected chi connectivity index (χ0v) is 16.6. The molecule has 1 amide bonds. The number of halogens is 3. The first-order valence-electron chi connectivity index (χ1n) is 9.22. The lowest BCUT2D eigenvalue weighted by Crippen LogP contribution is -2.33. The Morgan fingerprint density at radius 1 is 1.07 bits per heavy atom. The summed E-state index contributed by atoms with van der Waals surface area (Å²) >= 11 is 0. The smallest absolute Gasteiger partial charge is 0.324 e. The molecule has 0 aliphatic heterocycles. The molecule has 5 nitrogen and oxygen atoms in total. The average molecular weight is 415 g/mol. The molecule has 3 aromatic rings. The van der Waals surface area contributed by atoms with E-state index in [0.717, 1.165) is 33.5 Å². The molecule has 0 bridgehead atoms. The molecule has 0 radical (unpaired) electrons. The lowest BCUT2D eigenvalue weighted by atomic mass is 10.0. The Balaban J connectivity index is 1.94. The molecule has 3 rings (SSSR count). The van der Waals surface area contributed by atoms with Gasteiger partial charge in [-0.2, -0.15) is 18.3 Å². The van der Waals surface area contributed by atoms with Crippen molar-refractivity contribution in [2.45, 2.75) is 33.0 Å². The van der Waals surface area contributed by atoms with Crippen LogP contribution in [-0.4, -0.2) is 15.7 Å². The lowest BCUT2D eigenvalue weighted by molar-refractivity contribution is -0.137. The van der Waals surface area contributed by atoms with Gasteiger partial charge in [0.2, 0.25) is 5.91 Å².